The molecule has 8 rings (SSSR count). The van der Waals surface area contributed by atoms with Gasteiger partial charge < -0.3 is 19.9 Å². The fraction of sp³-hybridized carbons (Fsp3) is 0.0652. The summed E-state index contributed by atoms with van der Waals surface area (Å²) in [5.74, 6) is -0.0625. The zero-order chi connectivity index (χ0) is 36.0. The average Bonchev–Trinajstić information content (AvgIpc) is 3.16. The van der Waals surface area contributed by atoms with Crippen molar-refractivity contribution in [3.8, 4) is 0 Å². The number of allylic oxidation sites excluding steroid dienone is 2. The Morgan fingerprint density at radius 1 is 0.604 bits per heavy atom. The number of aromatic nitrogens is 2. The molecule has 0 amide bonds. The van der Waals surface area contributed by atoms with Gasteiger partial charge in [0.15, 0.2) is 5.78 Å². The molecule has 263 valence electrons. The van der Waals surface area contributed by atoms with Crippen LogP contribution in [0.4, 0.5) is 34.1 Å². The number of aliphatic hydroxyl groups excluding tert-OH is 1. The molecule has 8 aromatic rings. The van der Waals surface area contributed by atoms with Gasteiger partial charge in [-0.1, -0.05) is 84.2 Å². The molecule has 7 aromatic carbocycles. The van der Waals surface area contributed by atoms with E-state index in [2.05, 4.69) is 155 Å². The zero-order valence-electron chi connectivity index (χ0n) is 29.6. The third-order valence-electron chi connectivity index (χ3n) is 8.59. The van der Waals surface area contributed by atoms with E-state index < -0.39 is 0 Å². The first-order chi connectivity index (χ1) is 25.4. The molecule has 0 aliphatic heterocycles. The summed E-state index contributed by atoms with van der Waals surface area (Å²) in [6, 6.07) is 56.6. The van der Waals surface area contributed by atoms with E-state index in [9.17, 15) is 4.79 Å². The minimum absolute atomic E-state index is 0. The molecular weight excluding hydrogens is 833 g/mol. The third-order valence-corrected chi connectivity index (χ3v) is 8.59. The Morgan fingerprint density at radius 2 is 1.08 bits per heavy atom. The van der Waals surface area contributed by atoms with Gasteiger partial charge >= 0.3 is 0 Å². The fourth-order valence-electron chi connectivity index (χ4n) is 6.47. The smallest absolute Gasteiger partial charge is 0.155 e. The number of carbonyl (C=O) groups is 1. The van der Waals surface area contributed by atoms with Crippen LogP contribution in [0.3, 0.4) is 0 Å². The summed E-state index contributed by atoms with van der Waals surface area (Å²) in [4.78, 5) is 24.5. The monoisotopic (exact) mass is 870 g/mol. The van der Waals surface area contributed by atoms with Crippen molar-refractivity contribution >= 4 is 72.5 Å². The summed E-state index contributed by atoms with van der Waals surface area (Å²) in [6.45, 7) is 4.84. The second-order valence-corrected chi connectivity index (χ2v) is 12.5. The Labute approximate surface area is 323 Å². The number of anilines is 6. The van der Waals surface area contributed by atoms with Crippen molar-refractivity contribution < 1.29 is 30.0 Å². The molecule has 1 N–H and O–H groups in total. The van der Waals surface area contributed by atoms with Gasteiger partial charge in [0.05, 0.1) is 17.0 Å². The number of para-hydroxylation sites is 4. The van der Waals surface area contributed by atoms with E-state index in [4.69, 9.17) is 15.1 Å². The predicted molar refractivity (Wildman–Crippen MR) is 215 cm³/mol. The number of nitrogens with zero attached hydrogens (tertiary/aromatic N) is 4. The van der Waals surface area contributed by atoms with Crippen LogP contribution in [0.25, 0.3) is 32.6 Å². The number of fused-ring (bicyclic) bond motifs is 6. The Bertz CT molecular complexity index is 2440. The number of rotatable bonds is 7. The third kappa shape index (κ3) is 8.02. The second kappa shape index (κ2) is 16.5. The van der Waals surface area contributed by atoms with E-state index in [1.165, 1.54) is 19.9 Å². The first-order valence-corrected chi connectivity index (χ1v) is 17.1. The largest absolute Gasteiger partial charge is 0.512 e. The molecule has 1 radical (unpaired) electrons. The molecule has 53 heavy (non-hydrogen) atoms. The maximum absolute atomic E-state index is 10.0. The topological polar surface area (TPSA) is 69.6 Å². The molecule has 7 heteroatoms. The van der Waals surface area contributed by atoms with Gasteiger partial charge in [-0.25, -0.2) is 0 Å². The summed E-state index contributed by atoms with van der Waals surface area (Å²) in [5.41, 5.74) is 9.07. The van der Waals surface area contributed by atoms with Gasteiger partial charge in [0.2, 0.25) is 0 Å². The number of aryl methyl sites for hydroxylation is 1. The molecule has 0 fully saturated rings. The molecule has 0 atom stereocenters. The second-order valence-electron chi connectivity index (χ2n) is 12.5. The van der Waals surface area contributed by atoms with E-state index in [1.807, 2.05) is 25.3 Å². The van der Waals surface area contributed by atoms with Crippen molar-refractivity contribution in [2.24, 2.45) is 0 Å². The SMILES string of the molecule is CC(=O)C=C(C)O.Cc1cnc2c3[c-]cc(N(c4ccccc4)c4ccccc4)cc3c3cc(N(c4ccccc4)c4ccccc4)ccc3c2n1.[Ir]. The number of benzene rings is 7. The Morgan fingerprint density at radius 3 is 1.53 bits per heavy atom. The molecule has 0 aliphatic carbocycles. The number of ketones is 1. The minimum atomic E-state index is -0.125. The van der Waals surface area contributed by atoms with Crippen LogP contribution in [-0.4, -0.2) is 20.9 Å². The predicted octanol–water partition coefficient (Wildman–Crippen LogP) is 12.0. The van der Waals surface area contributed by atoms with Gasteiger partial charge in [0.1, 0.15) is 0 Å². The molecule has 0 unspecified atom stereocenters. The van der Waals surface area contributed by atoms with Crippen LogP contribution in [0, 0.1) is 13.0 Å². The number of carbonyl (C=O) groups excluding carboxylic acids is 1. The molecule has 6 nitrogen and oxygen atoms in total. The van der Waals surface area contributed by atoms with Crippen molar-refractivity contribution in [2.75, 3.05) is 9.80 Å². The molecular formula is C46H37IrN4O2-. The van der Waals surface area contributed by atoms with E-state index in [1.54, 1.807) is 0 Å². The summed E-state index contributed by atoms with van der Waals surface area (Å²) in [5, 5.41) is 12.6. The van der Waals surface area contributed by atoms with Gasteiger partial charge in [0, 0.05) is 66.3 Å². The minimum Gasteiger partial charge on any atom is -0.512 e. The van der Waals surface area contributed by atoms with Crippen LogP contribution in [0.15, 0.2) is 170 Å². The molecule has 1 heterocycles. The standard InChI is InChI=1S/C41H29N4.C5H8O2.Ir/c1-29-28-42-40-36-24-22-34(44(30-14-6-2-7-15-30)31-16-8-3-9-17-31)26-38(36)39-27-35(23-25-37(39)41(40)43-29)45(32-18-10-4-11-19-32)33-20-12-5-13-21-33;1-4(6)3-5(2)7;/h2-23,25-28H,1H3;3,6H,1-2H3;/q-1;;. The maximum atomic E-state index is 10.0. The first-order valence-electron chi connectivity index (χ1n) is 17.1. The van der Waals surface area contributed by atoms with Crippen molar-refractivity contribution in [1.82, 2.24) is 9.97 Å². The fourth-order valence-corrected chi connectivity index (χ4v) is 6.47. The van der Waals surface area contributed by atoms with E-state index in [0.717, 1.165) is 72.4 Å². The van der Waals surface area contributed by atoms with Crippen LogP contribution in [0.2, 0.25) is 0 Å². The van der Waals surface area contributed by atoms with Crippen LogP contribution in [-0.2, 0) is 24.9 Å². The van der Waals surface area contributed by atoms with Crippen molar-refractivity contribution in [1.29, 1.82) is 0 Å². The number of aliphatic hydroxyl groups is 1. The summed E-state index contributed by atoms with van der Waals surface area (Å²) < 4.78 is 0. The first kappa shape index (κ1) is 36.6. The zero-order valence-corrected chi connectivity index (χ0v) is 32.0. The molecule has 0 aliphatic rings. The normalized spacial score (nSPS) is 11.0. The molecule has 0 spiro atoms. The molecule has 0 saturated heterocycles. The van der Waals surface area contributed by atoms with Crippen molar-refractivity contribution in [3.05, 3.63) is 181 Å². The van der Waals surface area contributed by atoms with Gasteiger partial charge in [-0.2, -0.15) is 0 Å². The Hall–Kier alpha value is -6.14. The van der Waals surface area contributed by atoms with Gasteiger partial charge in [-0.3, -0.25) is 9.78 Å². The van der Waals surface area contributed by atoms with Crippen LogP contribution < -0.4 is 9.80 Å². The Kier molecular flexibility index (Phi) is 11.4. The van der Waals surface area contributed by atoms with Gasteiger partial charge in [-0.15, -0.1) is 23.6 Å². The number of hydrogen-bond donors (Lipinski definition) is 1. The van der Waals surface area contributed by atoms with Crippen LogP contribution >= 0.6 is 0 Å². The van der Waals surface area contributed by atoms with E-state index in [-0.39, 0.29) is 31.6 Å². The van der Waals surface area contributed by atoms with Crippen LogP contribution in [0.5, 0.6) is 0 Å². The summed E-state index contributed by atoms with van der Waals surface area (Å²) >= 11 is 0. The summed E-state index contributed by atoms with van der Waals surface area (Å²) in [6.07, 6.45) is 3.01. The quantitative estimate of drug-likeness (QED) is 0.0745. The van der Waals surface area contributed by atoms with E-state index in [0.29, 0.717) is 0 Å². The molecule has 0 saturated carbocycles. The number of hydrogen-bond acceptors (Lipinski definition) is 6. The van der Waals surface area contributed by atoms with Crippen molar-refractivity contribution in [3.63, 3.8) is 0 Å². The van der Waals surface area contributed by atoms with Gasteiger partial charge in [-0.05, 0) is 97.9 Å². The maximum Gasteiger partial charge on any atom is 0.155 e. The summed E-state index contributed by atoms with van der Waals surface area (Å²) in [7, 11) is 0. The molecule has 0 bridgehead atoms. The van der Waals surface area contributed by atoms with E-state index >= 15 is 0 Å². The van der Waals surface area contributed by atoms with Crippen molar-refractivity contribution in [2.45, 2.75) is 20.8 Å². The van der Waals surface area contributed by atoms with Gasteiger partial charge in [0.25, 0.3) is 0 Å². The van der Waals surface area contributed by atoms with Crippen LogP contribution in [0.1, 0.15) is 19.5 Å². The average molecular weight is 870 g/mol. The Balaban J connectivity index is 0.000000549. The molecule has 1 aromatic heterocycles.